The highest BCUT2D eigenvalue weighted by Gasteiger charge is 2.33. The molecule has 0 amide bonds. The van der Waals surface area contributed by atoms with Crippen molar-refractivity contribution < 1.29 is 9.53 Å². The highest BCUT2D eigenvalue weighted by Crippen LogP contribution is 2.31. The van der Waals surface area contributed by atoms with Gasteiger partial charge in [0.25, 0.3) is 5.56 Å². The van der Waals surface area contributed by atoms with Gasteiger partial charge >= 0.3 is 5.97 Å². The van der Waals surface area contributed by atoms with Gasteiger partial charge < -0.3 is 4.74 Å². The average Bonchev–Trinajstić information content (AvgIpc) is 3.24. The highest BCUT2D eigenvalue weighted by atomic mass is 35.5. The van der Waals surface area contributed by atoms with E-state index < -0.39 is 12.0 Å². The van der Waals surface area contributed by atoms with Crippen molar-refractivity contribution in [2.45, 2.75) is 19.9 Å². The summed E-state index contributed by atoms with van der Waals surface area (Å²) < 4.78 is 7.14. The summed E-state index contributed by atoms with van der Waals surface area (Å²) in [7, 11) is 1.33. The van der Waals surface area contributed by atoms with Gasteiger partial charge in [-0.1, -0.05) is 35.1 Å². The quantitative estimate of drug-likeness (QED) is 0.581. The summed E-state index contributed by atoms with van der Waals surface area (Å²) >= 11 is 8.94. The lowest BCUT2D eigenvalue weighted by Gasteiger charge is -2.24. The van der Waals surface area contributed by atoms with E-state index in [0.29, 0.717) is 25.6 Å². The van der Waals surface area contributed by atoms with Crippen LogP contribution >= 0.6 is 34.3 Å². The van der Waals surface area contributed by atoms with Crippen LogP contribution < -0.4 is 14.9 Å². The highest BCUT2D eigenvalue weighted by molar-refractivity contribution is 7.11. The van der Waals surface area contributed by atoms with Crippen molar-refractivity contribution in [2.75, 3.05) is 7.11 Å². The van der Waals surface area contributed by atoms with E-state index in [0.717, 1.165) is 16.0 Å². The molecule has 1 aliphatic rings. The maximum Gasteiger partial charge on any atom is 0.338 e. The van der Waals surface area contributed by atoms with Crippen LogP contribution in [-0.4, -0.2) is 17.6 Å². The van der Waals surface area contributed by atoms with E-state index in [4.69, 9.17) is 16.3 Å². The van der Waals surface area contributed by atoms with Gasteiger partial charge in [-0.2, -0.15) is 0 Å². The van der Waals surface area contributed by atoms with Gasteiger partial charge in [0.2, 0.25) is 0 Å². The van der Waals surface area contributed by atoms with Gasteiger partial charge in [0, 0.05) is 9.90 Å². The Kier molecular flexibility index (Phi) is 5.29. The van der Waals surface area contributed by atoms with E-state index in [9.17, 15) is 9.59 Å². The van der Waals surface area contributed by atoms with Crippen molar-refractivity contribution in [2.24, 2.45) is 4.99 Å². The van der Waals surface area contributed by atoms with Crippen LogP contribution in [0, 0.1) is 6.92 Å². The topological polar surface area (TPSA) is 60.7 Å². The molecule has 0 N–H and O–H groups in total. The van der Waals surface area contributed by atoms with E-state index >= 15 is 0 Å². The van der Waals surface area contributed by atoms with Crippen molar-refractivity contribution >= 4 is 46.3 Å². The molecular weight excluding hydrogens is 428 g/mol. The molecule has 1 aliphatic heterocycles. The number of nitrogens with zero attached hydrogens (tertiary/aromatic N) is 2. The molecule has 0 bridgehead atoms. The van der Waals surface area contributed by atoms with Crippen LogP contribution in [0.2, 0.25) is 5.02 Å². The number of carbonyl (C=O) groups is 1. The Morgan fingerprint density at radius 1 is 1.24 bits per heavy atom. The summed E-state index contributed by atoms with van der Waals surface area (Å²) in [4.78, 5) is 32.0. The Balaban J connectivity index is 2.00. The summed E-state index contributed by atoms with van der Waals surface area (Å²) in [6, 6.07) is 8.51. The number of benzene rings is 1. The van der Waals surface area contributed by atoms with Crippen LogP contribution in [0.3, 0.4) is 0 Å². The van der Waals surface area contributed by atoms with E-state index in [2.05, 4.69) is 4.99 Å². The first-order valence-electron chi connectivity index (χ1n) is 8.81. The first-order valence-corrected chi connectivity index (χ1v) is 10.9. The molecule has 0 radical (unpaired) electrons. The molecule has 1 aromatic carbocycles. The zero-order valence-electron chi connectivity index (χ0n) is 15.9. The SMILES string of the molecule is COC(=O)C1=C(C)N=c2s/c(=C/c3sccc3C)c(=O)n2[C@H]1c1ccc(Cl)cc1. The number of aryl methyl sites for hydroxylation is 1. The molecule has 8 heteroatoms. The van der Waals surface area contributed by atoms with E-state index in [1.807, 2.05) is 36.6 Å². The number of ether oxygens (including phenoxy) is 1. The number of aromatic nitrogens is 1. The molecule has 0 fully saturated rings. The van der Waals surface area contributed by atoms with Gasteiger partial charge in [0.15, 0.2) is 4.80 Å². The molecular formula is C21H17ClN2O3S2. The first-order chi connectivity index (χ1) is 13.9. The summed E-state index contributed by atoms with van der Waals surface area (Å²) in [6.07, 6.45) is 1.89. The number of hydrogen-bond acceptors (Lipinski definition) is 6. The number of allylic oxidation sites excluding steroid dienone is 1. The third-order valence-corrected chi connectivity index (χ3v) is 6.98. The largest absolute Gasteiger partial charge is 0.466 e. The third-order valence-electron chi connectivity index (χ3n) is 4.78. The molecule has 3 heterocycles. The van der Waals surface area contributed by atoms with Gasteiger partial charge in [-0.3, -0.25) is 9.36 Å². The maximum absolute atomic E-state index is 13.4. The average molecular weight is 445 g/mol. The second-order valence-electron chi connectivity index (χ2n) is 6.59. The van der Waals surface area contributed by atoms with Crippen molar-refractivity contribution in [1.82, 2.24) is 4.57 Å². The van der Waals surface area contributed by atoms with Crippen molar-refractivity contribution in [1.29, 1.82) is 0 Å². The molecule has 148 valence electrons. The Morgan fingerprint density at radius 2 is 1.97 bits per heavy atom. The fourth-order valence-corrected chi connectivity index (χ4v) is 5.39. The standard InChI is InChI=1S/C21H17ClN2O3S2/c1-11-8-9-28-15(11)10-16-19(25)24-18(13-4-6-14(22)7-5-13)17(20(26)27-3)12(2)23-21(24)29-16/h4-10,18H,1-3H3/b16-10+/t18-/m0/s1. The van der Waals surface area contributed by atoms with Crippen LogP contribution in [0.15, 0.2) is 56.8 Å². The predicted octanol–water partition coefficient (Wildman–Crippen LogP) is 3.43. The van der Waals surface area contributed by atoms with Crippen LogP contribution in [-0.2, 0) is 9.53 Å². The Hall–Kier alpha value is -2.48. The minimum atomic E-state index is -0.623. The Bertz CT molecular complexity index is 1310. The lowest BCUT2D eigenvalue weighted by atomic mass is 9.96. The molecule has 1 atom stereocenters. The molecule has 2 aromatic heterocycles. The van der Waals surface area contributed by atoms with Crippen LogP contribution in [0.1, 0.15) is 29.0 Å². The molecule has 0 unspecified atom stereocenters. The zero-order valence-corrected chi connectivity index (χ0v) is 18.3. The molecule has 3 aromatic rings. The summed E-state index contributed by atoms with van der Waals surface area (Å²) in [5.41, 5.74) is 2.58. The van der Waals surface area contributed by atoms with E-state index in [1.165, 1.54) is 18.4 Å². The van der Waals surface area contributed by atoms with E-state index in [1.54, 1.807) is 35.0 Å². The fraction of sp³-hybridized carbons (Fsp3) is 0.190. The molecule has 0 aliphatic carbocycles. The number of hydrogen-bond donors (Lipinski definition) is 0. The lowest BCUT2D eigenvalue weighted by Crippen LogP contribution is -2.39. The van der Waals surface area contributed by atoms with Crippen molar-refractivity contribution in [3.8, 4) is 0 Å². The van der Waals surface area contributed by atoms with Gasteiger partial charge in [-0.15, -0.1) is 11.3 Å². The first kappa shape index (κ1) is 19.8. The molecule has 0 saturated heterocycles. The number of rotatable bonds is 3. The van der Waals surface area contributed by atoms with Crippen molar-refractivity contribution in [3.05, 3.63) is 87.7 Å². The second kappa shape index (κ2) is 7.74. The molecule has 4 rings (SSSR count). The summed E-state index contributed by atoms with van der Waals surface area (Å²) in [5, 5.41) is 2.57. The zero-order chi connectivity index (χ0) is 20.7. The molecule has 5 nitrogen and oxygen atoms in total. The molecule has 0 saturated carbocycles. The smallest absolute Gasteiger partial charge is 0.338 e. The van der Waals surface area contributed by atoms with Crippen LogP contribution in [0.5, 0.6) is 0 Å². The second-order valence-corrected chi connectivity index (χ2v) is 8.99. The number of thiazole rings is 1. The van der Waals surface area contributed by atoms with Gasteiger partial charge in [-0.05, 0) is 54.6 Å². The predicted molar refractivity (Wildman–Crippen MR) is 116 cm³/mol. The number of methoxy groups -OCH3 is 1. The number of fused-ring (bicyclic) bond motifs is 1. The number of halogens is 1. The van der Waals surface area contributed by atoms with Gasteiger partial charge in [-0.25, -0.2) is 9.79 Å². The van der Waals surface area contributed by atoms with Gasteiger partial charge in [0.05, 0.1) is 29.0 Å². The summed E-state index contributed by atoms with van der Waals surface area (Å²) in [5.74, 6) is -0.505. The minimum Gasteiger partial charge on any atom is -0.466 e. The molecule has 0 spiro atoms. The monoisotopic (exact) mass is 444 g/mol. The normalized spacial score (nSPS) is 16.6. The third kappa shape index (κ3) is 3.50. The maximum atomic E-state index is 13.4. The Labute approximate surface area is 179 Å². The summed E-state index contributed by atoms with van der Waals surface area (Å²) in [6.45, 7) is 3.77. The Morgan fingerprint density at radius 3 is 2.59 bits per heavy atom. The number of carbonyl (C=O) groups excluding carboxylic acids is 1. The van der Waals surface area contributed by atoms with Gasteiger partial charge in [0.1, 0.15) is 0 Å². The fourth-order valence-electron chi connectivity index (χ4n) is 3.30. The number of thiophene rings is 1. The number of esters is 1. The van der Waals surface area contributed by atoms with E-state index in [-0.39, 0.29) is 5.56 Å². The van der Waals surface area contributed by atoms with Crippen molar-refractivity contribution in [3.63, 3.8) is 0 Å². The molecule has 29 heavy (non-hydrogen) atoms. The lowest BCUT2D eigenvalue weighted by molar-refractivity contribution is -0.136. The minimum absolute atomic E-state index is 0.185. The van der Waals surface area contributed by atoms with Crippen LogP contribution in [0.4, 0.5) is 0 Å². The van der Waals surface area contributed by atoms with Crippen LogP contribution in [0.25, 0.3) is 6.08 Å².